The van der Waals surface area contributed by atoms with Crippen LogP contribution in [0.3, 0.4) is 0 Å². The van der Waals surface area contributed by atoms with Crippen LogP contribution in [0.4, 0.5) is 4.79 Å². The number of ether oxygens (including phenoxy) is 1. The Morgan fingerprint density at radius 1 is 1.47 bits per heavy atom. The van der Waals surface area contributed by atoms with Gasteiger partial charge in [0.1, 0.15) is 6.61 Å². The summed E-state index contributed by atoms with van der Waals surface area (Å²) in [6, 6.07) is 7.83. The van der Waals surface area contributed by atoms with Crippen molar-refractivity contribution < 1.29 is 14.3 Å². The van der Waals surface area contributed by atoms with E-state index in [1.165, 1.54) is 11.8 Å². The largest absolute Gasteiger partial charge is 0.447 e. The molecule has 1 aromatic heterocycles. The lowest BCUT2D eigenvalue weighted by Gasteiger charge is -2.08. The molecule has 0 radical (unpaired) electrons. The molecule has 0 atom stereocenters. The minimum atomic E-state index is -0.546. The topological polar surface area (TPSA) is 59.5 Å². The van der Waals surface area contributed by atoms with E-state index in [0.29, 0.717) is 6.54 Å². The van der Waals surface area contributed by atoms with Gasteiger partial charge in [0, 0.05) is 0 Å². The van der Waals surface area contributed by atoms with E-state index >= 15 is 0 Å². The van der Waals surface area contributed by atoms with Crippen molar-refractivity contribution in [3.63, 3.8) is 0 Å². The Kier molecular flexibility index (Phi) is 3.39. The van der Waals surface area contributed by atoms with Crippen LogP contribution in [-0.2, 0) is 9.53 Å². The van der Waals surface area contributed by atoms with Gasteiger partial charge in [0.15, 0.2) is 4.34 Å². The van der Waals surface area contributed by atoms with E-state index in [9.17, 15) is 9.59 Å². The van der Waals surface area contributed by atoms with Crippen molar-refractivity contribution in [3.05, 3.63) is 24.3 Å². The number of cyclic esters (lactones) is 1. The molecule has 1 aromatic carbocycles. The smallest absolute Gasteiger partial charge is 0.416 e. The Morgan fingerprint density at radius 3 is 3.05 bits per heavy atom. The first kappa shape index (κ1) is 12.4. The summed E-state index contributed by atoms with van der Waals surface area (Å²) in [7, 11) is 0. The van der Waals surface area contributed by atoms with Crippen molar-refractivity contribution in [1.82, 2.24) is 9.88 Å². The molecule has 5 nitrogen and oxygen atoms in total. The average Bonchev–Trinajstić information content (AvgIpc) is 3.01. The monoisotopic (exact) mass is 294 g/mol. The number of hydrogen-bond donors (Lipinski definition) is 0. The van der Waals surface area contributed by atoms with E-state index in [1.807, 2.05) is 24.3 Å². The maximum atomic E-state index is 11.8. The van der Waals surface area contributed by atoms with Crippen molar-refractivity contribution in [2.75, 3.05) is 18.9 Å². The van der Waals surface area contributed by atoms with E-state index in [2.05, 4.69) is 4.98 Å². The van der Waals surface area contributed by atoms with Gasteiger partial charge >= 0.3 is 6.09 Å². The van der Waals surface area contributed by atoms with Gasteiger partial charge in [-0.25, -0.2) is 14.7 Å². The fraction of sp³-hybridized carbons (Fsp3) is 0.250. The van der Waals surface area contributed by atoms with Crippen LogP contribution < -0.4 is 0 Å². The van der Waals surface area contributed by atoms with Crippen LogP contribution in [0.1, 0.15) is 0 Å². The summed E-state index contributed by atoms with van der Waals surface area (Å²) in [5.41, 5.74) is 0.933. The van der Waals surface area contributed by atoms with Crippen LogP contribution in [0.5, 0.6) is 0 Å². The number of imide groups is 1. The van der Waals surface area contributed by atoms with Crippen molar-refractivity contribution in [2.24, 2.45) is 0 Å². The molecular weight excluding hydrogens is 284 g/mol. The van der Waals surface area contributed by atoms with Gasteiger partial charge in [-0.3, -0.25) is 4.79 Å². The molecule has 2 amide bonds. The van der Waals surface area contributed by atoms with Gasteiger partial charge in [-0.1, -0.05) is 23.9 Å². The number of fused-ring (bicyclic) bond motifs is 1. The quantitative estimate of drug-likeness (QED) is 0.813. The first-order valence-electron chi connectivity index (χ1n) is 5.69. The van der Waals surface area contributed by atoms with E-state index in [0.717, 1.165) is 19.5 Å². The van der Waals surface area contributed by atoms with Crippen LogP contribution >= 0.6 is 23.1 Å². The first-order chi connectivity index (χ1) is 9.24. The lowest BCUT2D eigenvalue weighted by molar-refractivity contribution is -0.124. The highest BCUT2D eigenvalue weighted by Gasteiger charge is 2.28. The van der Waals surface area contributed by atoms with Crippen molar-refractivity contribution in [3.8, 4) is 0 Å². The lowest BCUT2D eigenvalue weighted by atomic mass is 10.3. The molecule has 0 aliphatic carbocycles. The van der Waals surface area contributed by atoms with Crippen LogP contribution in [0, 0.1) is 0 Å². The van der Waals surface area contributed by atoms with Gasteiger partial charge in [-0.05, 0) is 12.1 Å². The standard InChI is InChI=1S/C12H10N2O3S2/c15-10(14-5-6-17-12(14)16)7-18-11-13-8-3-1-2-4-9(8)19-11/h1-4H,5-7H2. The number of hydrogen-bond acceptors (Lipinski definition) is 6. The molecule has 19 heavy (non-hydrogen) atoms. The Labute approximate surface area is 117 Å². The summed E-state index contributed by atoms with van der Waals surface area (Å²) in [4.78, 5) is 28.6. The number of para-hydroxylation sites is 1. The van der Waals surface area contributed by atoms with Crippen molar-refractivity contribution in [2.45, 2.75) is 4.34 Å². The molecule has 98 valence electrons. The number of nitrogens with zero attached hydrogens (tertiary/aromatic N) is 2. The molecule has 0 spiro atoms. The average molecular weight is 294 g/mol. The van der Waals surface area contributed by atoms with Gasteiger partial charge in [0.05, 0.1) is 22.5 Å². The van der Waals surface area contributed by atoms with Crippen LogP contribution in [0.25, 0.3) is 10.2 Å². The zero-order valence-corrected chi connectivity index (χ0v) is 11.5. The molecule has 2 aromatic rings. The number of amides is 2. The summed E-state index contributed by atoms with van der Waals surface area (Å²) >= 11 is 2.90. The third-order valence-corrected chi connectivity index (χ3v) is 4.82. The SMILES string of the molecule is O=C(CSc1nc2ccccc2s1)N1CCOC1=O. The molecule has 3 rings (SSSR count). The number of thiazole rings is 1. The molecule has 0 saturated carbocycles. The molecule has 1 fully saturated rings. The highest BCUT2D eigenvalue weighted by molar-refractivity contribution is 8.01. The van der Waals surface area contributed by atoms with Crippen LogP contribution in [-0.4, -0.2) is 40.8 Å². The Balaban J connectivity index is 1.65. The van der Waals surface area contributed by atoms with E-state index in [4.69, 9.17) is 4.74 Å². The second-order valence-electron chi connectivity index (χ2n) is 3.90. The second-order valence-corrected chi connectivity index (χ2v) is 6.15. The molecule has 1 aliphatic heterocycles. The maximum absolute atomic E-state index is 11.8. The van der Waals surface area contributed by atoms with Gasteiger partial charge in [-0.15, -0.1) is 11.3 Å². The van der Waals surface area contributed by atoms with E-state index < -0.39 is 6.09 Å². The molecule has 1 saturated heterocycles. The molecule has 0 unspecified atom stereocenters. The summed E-state index contributed by atoms with van der Waals surface area (Å²) in [5.74, 6) is -0.0266. The molecule has 2 heterocycles. The zero-order chi connectivity index (χ0) is 13.2. The number of carbonyl (C=O) groups is 2. The molecular formula is C12H10N2O3S2. The number of thioether (sulfide) groups is 1. The predicted molar refractivity (Wildman–Crippen MR) is 73.4 cm³/mol. The number of aromatic nitrogens is 1. The molecule has 0 bridgehead atoms. The number of rotatable bonds is 3. The third kappa shape index (κ3) is 2.57. The van der Waals surface area contributed by atoms with Crippen LogP contribution in [0.2, 0.25) is 0 Å². The van der Waals surface area contributed by atoms with Gasteiger partial charge in [0.25, 0.3) is 0 Å². The van der Waals surface area contributed by atoms with E-state index in [-0.39, 0.29) is 18.3 Å². The maximum Gasteiger partial charge on any atom is 0.416 e. The van der Waals surface area contributed by atoms with Crippen molar-refractivity contribution >= 4 is 45.3 Å². The minimum Gasteiger partial charge on any atom is -0.447 e. The Morgan fingerprint density at radius 2 is 2.32 bits per heavy atom. The molecule has 0 N–H and O–H groups in total. The number of benzene rings is 1. The Hall–Kier alpha value is -1.60. The third-order valence-electron chi connectivity index (χ3n) is 2.66. The fourth-order valence-electron chi connectivity index (χ4n) is 1.73. The van der Waals surface area contributed by atoms with Gasteiger partial charge < -0.3 is 4.74 Å². The highest BCUT2D eigenvalue weighted by atomic mass is 32.2. The highest BCUT2D eigenvalue weighted by Crippen LogP contribution is 2.29. The van der Waals surface area contributed by atoms with E-state index in [1.54, 1.807) is 11.3 Å². The Bertz CT molecular complexity index is 608. The summed E-state index contributed by atoms with van der Waals surface area (Å²) in [5, 5.41) is 0. The predicted octanol–water partition coefficient (Wildman–Crippen LogP) is 2.37. The van der Waals surface area contributed by atoms with Gasteiger partial charge in [-0.2, -0.15) is 0 Å². The molecule has 7 heteroatoms. The normalized spacial score (nSPS) is 14.9. The summed E-state index contributed by atoms with van der Waals surface area (Å²) < 4.78 is 6.66. The first-order valence-corrected chi connectivity index (χ1v) is 7.50. The zero-order valence-electron chi connectivity index (χ0n) is 9.87. The minimum absolute atomic E-state index is 0.203. The second kappa shape index (κ2) is 5.18. The fourth-order valence-corrected chi connectivity index (χ4v) is 3.68. The van der Waals surface area contributed by atoms with Gasteiger partial charge in [0.2, 0.25) is 5.91 Å². The van der Waals surface area contributed by atoms with Crippen LogP contribution in [0.15, 0.2) is 28.6 Å². The summed E-state index contributed by atoms with van der Waals surface area (Å²) in [6.45, 7) is 0.633. The molecule has 1 aliphatic rings. The lowest BCUT2D eigenvalue weighted by Crippen LogP contribution is -2.32. The number of carbonyl (C=O) groups excluding carboxylic acids is 2. The summed E-state index contributed by atoms with van der Waals surface area (Å²) in [6.07, 6.45) is -0.546. The van der Waals surface area contributed by atoms with Crippen molar-refractivity contribution in [1.29, 1.82) is 0 Å².